The minimum atomic E-state index is -1.26. The predicted molar refractivity (Wildman–Crippen MR) is 241 cm³/mol. The number of aliphatic carboxylic acids is 2. The Morgan fingerprint density at radius 2 is 1.14 bits per heavy atom. The van der Waals surface area contributed by atoms with Crippen LogP contribution in [0.2, 0.25) is 20.1 Å². The molecule has 6 rings (SSSR count). The zero-order chi connectivity index (χ0) is 46.1. The number of carbonyl (C=O) groups excluding carboxylic acids is 1. The molecule has 0 saturated carbocycles. The van der Waals surface area contributed by atoms with Crippen LogP contribution in [0, 0.1) is 0 Å². The van der Waals surface area contributed by atoms with Gasteiger partial charge in [-0.25, -0.2) is 19.0 Å². The van der Waals surface area contributed by atoms with Crippen molar-refractivity contribution in [3.8, 4) is 33.8 Å². The molecule has 1 amide bonds. The third-order valence-electron chi connectivity index (χ3n) is 9.28. The molecule has 3 aromatic carbocycles. The second-order valence-corrected chi connectivity index (χ2v) is 15.5. The van der Waals surface area contributed by atoms with E-state index in [2.05, 4.69) is 25.8 Å². The van der Waals surface area contributed by atoms with Crippen LogP contribution in [-0.4, -0.2) is 81.9 Å². The highest BCUT2D eigenvalue weighted by atomic mass is 35.5. The number of nitrogens with zero attached hydrogens (tertiary/aromatic N) is 5. The molecule has 326 valence electrons. The van der Waals surface area contributed by atoms with Crippen LogP contribution in [0.4, 0.5) is 0 Å². The maximum atomic E-state index is 12.5. The molecule has 0 radical (unpaired) electrons. The molecule has 0 spiro atoms. The summed E-state index contributed by atoms with van der Waals surface area (Å²) in [5, 5.41) is 42.8. The number of hydrogen-bond donors (Lipinski definition) is 5. The van der Waals surface area contributed by atoms with Crippen LogP contribution in [0.25, 0.3) is 22.3 Å². The number of ether oxygens (including phenoxy) is 1. The molecule has 5 N–H and O–H groups in total. The molecule has 6 aromatic rings. The van der Waals surface area contributed by atoms with E-state index in [-0.39, 0.29) is 50.3 Å². The Morgan fingerprint density at radius 1 is 0.683 bits per heavy atom. The number of methoxy groups -OCH3 is 1. The lowest BCUT2D eigenvalue weighted by Gasteiger charge is -2.18. The van der Waals surface area contributed by atoms with Crippen LogP contribution < -0.4 is 26.5 Å². The summed E-state index contributed by atoms with van der Waals surface area (Å²) in [5.74, 6) is -2.99. The summed E-state index contributed by atoms with van der Waals surface area (Å²) in [6.45, 7) is 0. The fraction of sp³-hybridized carbons (Fsp3) is 0.167. The molecule has 1 unspecified atom stereocenters. The van der Waals surface area contributed by atoms with Crippen molar-refractivity contribution >= 4 is 81.5 Å². The van der Waals surface area contributed by atoms with Crippen LogP contribution >= 0.6 is 58.6 Å². The number of hydrogen-bond acceptors (Lipinski definition) is 11. The second kappa shape index (κ2) is 21.1. The van der Waals surface area contributed by atoms with E-state index in [9.17, 15) is 39.3 Å². The van der Waals surface area contributed by atoms with Crippen LogP contribution in [-0.2, 0) is 36.5 Å². The lowest BCUT2D eigenvalue weighted by molar-refractivity contribution is -0.140. The number of thiocarbonyl (C=S) groups is 1. The van der Waals surface area contributed by atoms with Crippen LogP contribution in [0.15, 0.2) is 101 Å². The van der Waals surface area contributed by atoms with Gasteiger partial charge in [0.15, 0.2) is 5.75 Å². The van der Waals surface area contributed by atoms with Gasteiger partial charge in [0, 0.05) is 44.9 Å². The number of aromatic nitrogens is 5. The number of carboxylic acid groups (broad SMARTS) is 2. The highest BCUT2D eigenvalue weighted by Crippen LogP contribution is 2.28. The molecule has 0 bridgehead atoms. The van der Waals surface area contributed by atoms with Crippen LogP contribution in [0.3, 0.4) is 0 Å². The van der Waals surface area contributed by atoms with Crippen molar-refractivity contribution < 1.29 is 34.4 Å². The van der Waals surface area contributed by atoms with Gasteiger partial charge >= 0.3 is 11.9 Å². The summed E-state index contributed by atoms with van der Waals surface area (Å²) in [6.07, 6.45) is 5.20. The van der Waals surface area contributed by atoms with Crippen molar-refractivity contribution in [2.24, 2.45) is 14.1 Å². The number of nitrogens with one attached hydrogen (secondary N) is 2. The van der Waals surface area contributed by atoms with Crippen molar-refractivity contribution in [3.05, 3.63) is 155 Å². The third kappa shape index (κ3) is 11.6. The summed E-state index contributed by atoms with van der Waals surface area (Å²) >= 11 is 29.6. The Bertz CT molecular complexity index is 2780. The number of benzene rings is 3. The number of pyridine rings is 1. The average molecular weight is 956 g/mol. The first-order chi connectivity index (χ1) is 29.9. The number of carboxylic acids is 2. The van der Waals surface area contributed by atoms with Gasteiger partial charge in [0.2, 0.25) is 0 Å². The Labute approximate surface area is 383 Å². The normalized spacial score (nSPS) is 11.7. The van der Waals surface area contributed by atoms with E-state index >= 15 is 0 Å². The Kier molecular flexibility index (Phi) is 16.0. The van der Waals surface area contributed by atoms with E-state index in [0.717, 1.165) is 16.4 Å². The van der Waals surface area contributed by atoms with Crippen molar-refractivity contribution in [1.29, 1.82) is 0 Å². The minimum Gasteiger partial charge on any atom is -0.505 e. The van der Waals surface area contributed by atoms with Gasteiger partial charge in [-0.05, 0) is 34.4 Å². The topological polar surface area (TPSA) is 228 Å². The third-order valence-corrected chi connectivity index (χ3v) is 10.8. The zero-order valence-electron chi connectivity index (χ0n) is 33.2. The van der Waals surface area contributed by atoms with Crippen molar-refractivity contribution in [1.82, 2.24) is 35.2 Å². The molecule has 2 atom stereocenters. The molecular formula is C42H35Cl4N7O9S. The van der Waals surface area contributed by atoms with Crippen molar-refractivity contribution in [2.45, 2.75) is 24.9 Å². The Hall–Kier alpha value is -6.37. The van der Waals surface area contributed by atoms with Gasteiger partial charge in [-0.1, -0.05) is 113 Å². The number of carbonyl (C=O) groups is 3. The lowest BCUT2D eigenvalue weighted by atomic mass is 10.0. The highest BCUT2D eigenvalue weighted by Gasteiger charge is 2.25. The monoisotopic (exact) mass is 953 g/mol. The fourth-order valence-corrected chi connectivity index (χ4v) is 7.63. The SMILES string of the molecule is COc1cnn(C)c(=O)c1-c1ccc(C[C@H](NC(=S)c2c(Cl)cccc2Cl)C(=O)O)cc1.Cn1ncc(O)c(-c2ccc(CC(NC(=O)c3c(Cl)cncc3Cl)C(=O)O)cc2)c1=O. The quantitative estimate of drug-likeness (QED) is 0.0837. The highest BCUT2D eigenvalue weighted by molar-refractivity contribution is 7.80. The molecule has 0 aliphatic carbocycles. The fourth-order valence-electron chi connectivity index (χ4n) is 6.04. The summed E-state index contributed by atoms with van der Waals surface area (Å²) in [4.78, 5) is 64.7. The Morgan fingerprint density at radius 3 is 1.63 bits per heavy atom. The number of aromatic hydroxyl groups is 1. The molecule has 3 heterocycles. The molecular weight excluding hydrogens is 920 g/mol. The molecule has 0 aliphatic rings. The minimum absolute atomic E-state index is 0.00256. The van der Waals surface area contributed by atoms with Gasteiger partial charge in [-0.2, -0.15) is 10.2 Å². The average Bonchev–Trinajstić information content (AvgIpc) is 3.23. The summed E-state index contributed by atoms with van der Waals surface area (Å²) < 4.78 is 7.58. The van der Waals surface area contributed by atoms with E-state index in [1.165, 1.54) is 37.4 Å². The van der Waals surface area contributed by atoms with Gasteiger partial charge in [-0.15, -0.1) is 0 Å². The molecule has 21 heteroatoms. The molecule has 3 aromatic heterocycles. The largest absolute Gasteiger partial charge is 0.505 e. The summed E-state index contributed by atoms with van der Waals surface area (Å²) in [5.41, 5.74) is 2.37. The van der Waals surface area contributed by atoms with E-state index in [1.54, 1.807) is 73.8 Å². The number of amides is 1. The second-order valence-electron chi connectivity index (χ2n) is 13.5. The van der Waals surface area contributed by atoms with E-state index in [0.29, 0.717) is 43.6 Å². The first-order valence-electron chi connectivity index (χ1n) is 18.3. The number of halogens is 4. The molecule has 0 fully saturated rings. The first kappa shape index (κ1) is 47.7. The maximum Gasteiger partial charge on any atom is 0.326 e. The zero-order valence-corrected chi connectivity index (χ0v) is 37.0. The van der Waals surface area contributed by atoms with Crippen LogP contribution in [0.1, 0.15) is 27.0 Å². The van der Waals surface area contributed by atoms with Crippen LogP contribution in [0.5, 0.6) is 11.5 Å². The van der Waals surface area contributed by atoms with Gasteiger partial charge < -0.3 is 30.7 Å². The van der Waals surface area contributed by atoms with Gasteiger partial charge in [0.05, 0.1) is 56.3 Å². The Balaban J connectivity index is 0.000000238. The summed E-state index contributed by atoms with van der Waals surface area (Å²) in [6, 6.07) is 16.0. The van der Waals surface area contributed by atoms with E-state index in [4.69, 9.17) is 63.4 Å². The molecule has 16 nitrogen and oxygen atoms in total. The van der Waals surface area contributed by atoms with Gasteiger partial charge in [-0.3, -0.25) is 19.4 Å². The number of rotatable bonds is 13. The van der Waals surface area contributed by atoms with E-state index < -0.39 is 35.5 Å². The van der Waals surface area contributed by atoms with E-state index in [1.807, 2.05) is 0 Å². The van der Waals surface area contributed by atoms with Gasteiger partial charge in [0.1, 0.15) is 22.8 Å². The molecule has 0 saturated heterocycles. The summed E-state index contributed by atoms with van der Waals surface area (Å²) in [7, 11) is 4.48. The van der Waals surface area contributed by atoms with Crippen molar-refractivity contribution in [3.63, 3.8) is 0 Å². The number of aryl methyl sites for hydroxylation is 2. The standard InChI is InChI=1S/C22H19Cl2N3O4S.C20H16Cl2N4O5/c1-27-21(28)18(17(31-2)11-25-27)13-8-6-12(7-9-13)10-16(22(29)30)26-20(32)19-14(23)4-3-5-15(19)24;1-26-19(29)16(15(27)9-24-26)11-4-2-10(3-5-11)6-14(20(30)31)25-18(28)17-12(21)7-23-8-13(17)22/h3-9,11,16H,10H2,1-2H3,(H,26,32)(H,29,30);2-5,7-9,14,27H,6H2,1H3,(H,25,28)(H,30,31)/t16-;/m0./s1. The van der Waals surface area contributed by atoms with Gasteiger partial charge in [0.25, 0.3) is 17.0 Å². The molecule has 63 heavy (non-hydrogen) atoms. The molecule has 0 aliphatic heterocycles. The van der Waals surface area contributed by atoms with Crippen molar-refractivity contribution in [2.75, 3.05) is 7.11 Å². The lowest BCUT2D eigenvalue weighted by Crippen LogP contribution is -2.42. The smallest absolute Gasteiger partial charge is 0.326 e. The predicted octanol–water partition coefficient (Wildman–Crippen LogP) is 6.00. The maximum absolute atomic E-state index is 12.5. The first-order valence-corrected chi connectivity index (χ1v) is 20.2.